The van der Waals surface area contributed by atoms with E-state index in [1.165, 1.54) is 0 Å². The standard InChI is InChI=1S/C10H11BrN4/c1-15-10(8(11)6-14-15)9(12)7-2-4-13-5-3-7/h2-6,9H,12H2,1H3. The minimum Gasteiger partial charge on any atom is -0.319 e. The van der Waals surface area contributed by atoms with E-state index < -0.39 is 0 Å². The summed E-state index contributed by atoms with van der Waals surface area (Å²) >= 11 is 3.44. The number of rotatable bonds is 2. The first kappa shape index (κ1) is 10.3. The number of hydrogen-bond acceptors (Lipinski definition) is 3. The van der Waals surface area contributed by atoms with E-state index in [0.29, 0.717) is 0 Å². The van der Waals surface area contributed by atoms with Gasteiger partial charge in [0.05, 0.1) is 22.4 Å². The van der Waals surface area contributed by atoms with Crippen molar-refractivity contribution in [2.45, 2.75) is 6.04 Å². The molecule has 78 valence electrons. The molecule has 5 heteroatoms. The Morgan fingerprint density at radius 1 is 1.40 bits per heavy atom. The Balaban J connectivity index is 2.41. The number of halogens is 1. The molecule has 0 bridgehead atoms. The van der Waals surface area contributed by atoms with Crippen LogP contribution in [0.3, 0.4) is 0 Å². The smallest absolute Gasteiger partial charge is 0.0735 e. The minimum absolute atomic E-state index is 0.185. The van der Waals surface area contributed by atoms with Crippen LogP contribution in [0.25, 0.3) is 0 Å². The number of aromatic nitrogens is 3. The maximum Gasteiger partial charge on any atom is 0.0735 e. The second kappa shape index (κ2) is 4.12. The van der Waals surface area contributed by atoms with Crippen LogP contribution in [0.15, 0.2) is 35.2 Å². The Kier molecular flexibility index (Phi) is 2.83. The summed E-state index contributed by atoms with van der Waals surface area (Å²) in [5.74, 6) is 0. The molecule has 1 atom stereocenters. The predicted molar refractivity (Wildman–Crippen MR) is 61.2 cm³/mol. The Labute approximate surface area is 96.3 Å². The van der Waals surface area contributed by atoms with E-state index >= 15 is 0 Å². The molecule has 0 aliphatic rings. The number of aryl methyl sites for hydroxylation is 1. The fourth-order valence-electron chi connectivity index (χ4n) is 1.50. The summed E-state index contributed by atoms with van der Waals surface area (Å²) in [6, 6.07) is 3.63. The van der Waals surface area contributed by atoms with Crippen LogP contribution in [0, 0.1) is 0 Å². The van der Waals surface area contributed by atoms with Crippen molar-refractivity contribution in [1.82, 2.24) is 14.8 Å². The van der Waals surface area contributed by atoms with Gasteiger partial charge in [0.2, 0.25) is 0 Å². The Morgan fingerprint density at radius 3 is 2.60 bits per heavy atom. The van der Waals surface area contributed by atoms with Crippen LogP contribution in [0.5, 0.6) is 0 Å². The van der Waals surface area contributed by atoms with Crippen molar-refractivity contribution < 1.29 is 0 Å². The summed E-state index contributed by atoms with van der Waals surface area (Å²) < 4.78 is 2.70. The van der Waals surface area contributed by atoms with E-state index in [1.807, 2.05) is 19.2 Å². The zero-order valence-corrected chi connectivity index (χ0v) is 9.85. The maximum atomic E-state index is 6.14. The van der Waals surface area contributed by atoms with Gasteiger partial charge in [-0.2, -0.15) is 5.10 Å². The lowest BCUT2D eigenvalue weighted by atomic mass is 10.1. The van der Waals surface area contributed by atoms with Crippen molar-refractivity contribution in [3.05, 3.63) is 46.5 Å². The average Bonchev–Trinajstić information content (AvgIpc) is 2.59. The molecule has 0 saturated carbocycles. The third-order valence-electron chi connectivity index (χ3n) is 2.30. The quantitative estimate of drug-likeness (QED) is 0.899. The average molecular weight is 267 g/mol. The lowest BCUT2D eigenvalue weighted by Crippen LogP contribution is -2.16. The van der Waals surface area contributed by atoms with E-state index in [1.54, 1.807) is 23.3 Å². The summed E-state index contributed by atoms with van der Waals surface area (Å²) in [7, 11) is 1.88. The van der Waals surface area contributed by atoms with Crippen molar-refractivity contribution >= 4 is 15.9 Å². The van der Waals surface area contributed by atoms with Crippen LogP contribution in [0.4, 0.5) is 0 Å². The summed E-state index contributed by atoms with van der Waals surface area (Å²) in [5.41, 5.74) is 8.13. The van der Waals surface area contributed by atoms with Crippen LogP contribution in [-0.4, -0.2) is 14.8 Å². The van der Waals surface area contributed by atoms with Gasteiger partial charge >= 0.3 is 0 Å². The monoisotopic (exact) mass is 266 g/mol. The van der Waals surface area contributed by atoms with Crippen LogP contribution < -0.4 is 5.73 Å². The summed E-state index contributed by atoms with van der Waals surface area (Å²) in [6.07, 6.45) is 5.22. The van der Waals surface area contributed by atoms with Gasteiger partial charge in [-0.3, -0.25) is 9.67 Å². The number of hydrogen-bond donors (Lipinski definition) is 1. The Morgan fingerprint density at radius 2 is 2.07 bits per heavy atom. The van der Waals surface area contributed by atoms with E-state index in [0.717, 1.165) is 15.7 Å². The molecule has 4 nitrogen and oxygen atoms in total. The molecule has 0 aliphatic heterocycles. The van der Waals surface area contributed by atoms with Crippen molar-refractivity contribution in [3.63, 3.8) is 0 Å². The fourth-order valence-corrected chi connectivity index (χ4v) is 2.09. The normalized spacial score (nSPS) is 12.7. The number of pyridine rings is 1. The molecule has 0 saturated heterocycles. The molecule has 1 unspecified atom stereocenters. The van der Waals surface area contributed by atoms with Crippen molar-refractivity contribution in [1.29, 1.82) is 0 Å². The first-order valence-corrected chi connectivity index (χ1v) is 5.32. The summed E-state index contributed by atoms with van der Waals surface area (Å²) in [4.78, 5) is 3.96. The minimum atomic E-state index is -0.185. The van der Waals surface area contributed by atoms with Gasteiger partial charge in [0.15, 0.2) is 0 Å². The lowest BCUT2D eigenvalue weighted by molar-refractivity contribution is 0.671. The van der Waals surface area contributed by atoms with Crippen molar-refractivity contribution in [2.24, 2.45) is 12.8 Å². The highest BCUT2D eigenvalue weighted by Crippen LogP contribution is 2.25. The Hall–Kier alpha value is -1.20. The van der Waals surface area contributed by atoms with Gasteiger partial charge in [-0.25, -0.2) is 0 Å². The molecular weight excluding hydrogens is 256 g/mol. The predicted octanol–water partition coefficient (Wildman–Crippen LogP) is 1.63. The van der Waals surface area contributed by atoms with Gasteiger partial charge in [-0.1, -0.05) is 0 Å². The molecule has 2 rings (SSSR count). The molecule has 2 N–H and O–H groups in total. The van der Waals surface area contributed by atoms with Gasteiger partial charge in [0, 0.05) is 19.4 Å². The van der Waals surface area contributed by atoms with Gasteiger partial charge in [-0.05, 0) is 33.6 Å². The highest BCUT2D eigenvalue weighted by atomic mass is 79.9. The van der Waals surface area contributed by atoms with Crippen LogP contribution >= 0.6 is 15.9 Å². The van der Waals surface area contributed by atoms with Crippen LogP contribution in [0.1, 0.15) is 17.3 Å². The molecule has 0 aromatic carbocycles. The zero-order chi connectivity index (χ0) is 10.8. The fraction of sp³-hybridized carbons (Fsp3) is 0.200. The second-order valence-corrected chi connectivity index (χ2v) is 4.11. The van der Waals surface area contributed by atoms with Crippen molar-refractivity contribution in [2.75, 3.05) is 0 Å². The molecule has 15 heavy (non-hydrogen) atoms. The number of nitrogens with two attached hydrogens (primary N) is 1. The van der Waals surface area contributed by atoms with Crippen LogP contribution in [0.2, 0.25) is 0 Å². The first-order valence-electron chi connectivity index (χ1n) is 4.53. The van der Waals surface area contributed by atoms with E-state index in [4.69, 9.17) is 5.73 Å². The van der Waals surface area contributed by atoms with Crippen molar-refractivity contribution in [3.8, 4) is 0 Å². The molecule has 0 aliphatic carbocycles. The first-order chi connectivity index (χ1) is 7.20. The van der Waals surface area contributed by atoms with Gasteiger partial charge in [0.1, 0.15) is 0 Å². The maximum absolute atomic E-state index is 6.14. The molecule has 0 amide bonds. The molecular formula is C10H11BrN4. The SMILES string of the molecule is Cn1ncc(Br)c1C(N)c1ccncc1. The number of nitrogens with zero attached hydrogens (tertiary/aromatic N) is 3. The third-order valence-corrected chi connectivity index (χ3v) is 2.91. The molecule has 0 fully saturated rings. The van der Waals surface area contributed by atoms with Gasteiger partial charge < -0.3 is 5.73 Å². The Bertz CT molecular complexity index is 432. The lowest BCUT2D eigenvalue weighted by Gasteiger charge is -2.12. The molecule has 2 heterocycles. The second-order valence-electron chi connectivity index (χ2n) is 3.26. The summed E-state index contributed by atoms with van der Waals surface area (Å²) in [5, 5.41) is 4.14. The zero-order valence-electron chi connectivity index (χ0n) is 8.26. The molecule has 0 spiro atoms. The third kappa shape index (κ3) is 1.93. The van der Waals surface area contributed by atoms with Gasteiger partial charge in [0.25, 0.3) is 0 Å². The molecule has 2 aromatic heterocycles. The molecule has 0 radical (unpaired) electrons. The highest BCUT2D eigenvalue weighted by molar-refractivity contribution is 9.10. The van der Waals surface area contributed by atoms with E-state index in [2.05, 4.69) is 26.0 Å². The molecule has 2 aromatic rings. The van der Waals surface area contributed by atoms with E-state index in [-0.39, 0.29) is 6.04 Å². The highest BCUT2D eigenvalue weighted by Gasteiger charge is 2.16. The van der Waals surface area contributed by atoms with Gasteiger partial charge in [-0.15, -0.1) is 0 Å². The van der Waals surface area contributed by atoms with E-state index in [9.17, 15) is 0 Å². The largest absolute Gasteiger partial charge is 0.319 e. The summed E-state index contributed by atoms with van der Waals surface area (Å²) in [6.45, 7) is 0. The van der Waals surface area contributed by atoms with Crippen LogP contribution in [-0.2, 0) is 7.05 Å². The topological polar surface area (TPSA) is 56.7 Å².